The standard InChI is InChI=1S/C23H22ClN3O3/c24-21(29)15-27-23(30)26(14-20(28)16-8-4-5-9-16)19-13-7-6-12-18(19)22(25-27)17-10-2-1-3-11-17/h1-3,6-7,10-13,16H,4-5,8-9,14-15H2. The van der Waals surface area contributed by atoms with Crippen LogP contribution in [0, 0.1) is 5.92 Å². The van der Waals surface area contributed by atoms with Crippen LogP contribution < -0.4 is 4.90 Å². The van der Waals surface area contributed by atoms with Crippen LogP contribution in [0.5, 0.6) is 0 Å². The molecule has 4 rings (SSSR count). The molecule has 6 nitrogen and oxygen atoms in total. The van der Waals surface area contributed by atoms with Gasteiger partial charge in [-0.1, -0.05) is 61.4 Å². The van der Waals surface area contributed by atoms with Gasteiger partial charge >= 0.3 is 6.03 Å². The number of nitrogens with zero attached hydrogens (tertiary/aromatic N) is 3. The first-order chi connectivity index (χ1) is 14.5. The Kier molecular flexibility index (Phi) is 5.95. The minimum absolute atomic E-state index is 0.0224. The molecule has 7 heteroatoms. The van der Waals surface area contributed by atoms with Crippen molar-refractivity contribution in [2.24, 2.45) is 11.0 Å². The Labute approximate surface area is 180 Å². The molecule has 0 aromatic heterocycles. The zero-order valence-corrected chi connectivity index (χ0v) is 17.2. The first-order valence-corrected chi connectivity index (χ1v) is 10.5. The van der Waals surface area contributed by atoms with Crippen LogP contribution in [-0.2, 0) is 9.59 Å². The van der Waals surface area contributed by atoms with Crippen molar-refractivity contribution in [3.63, 3.8) is 0 Å². The highest BCUT2D eigenvalue weighted by Crippen LogP contribution is 2.31. The fourth-order valence-corrected chi connectivity index (χ4v) is 4.20. The third kappa shape index (κ3) is 4.14. The highest BCUT2D eigenvalue weighted by atomic mass is 35.5. The van der Waals surface area contributed by atoms with Gasteiger partial charge in [-0.25, -0.2) is 9.80 Å². The molecule has 1 aliphatic heterocycles. The van der Waals surface area contributed by atoms with Crippen LogP contribution in [0.1, 0.15) is 36.8 Å². The number of carbonyl (C=O) groups excluding carboxylic acids is 3. The Balaban J connectivity index is 1.79. The third-order valence-corrected chi connectivity index (χ3v) is 5.69. The van der Waals surface area contributed by atoms with Crippen molar-refractivity contribution >= 4 is 40.1 Å². The van der Waals surface area contributed by atoms with Gasteiger partial charge in [0.25, 0.3) is 0 Å². The highest BCUT2D eigenvalue weighted by molar-refractivity contribution is 6.64. The van der Waals surface area contributed by atoms with Crippen molar-refractivity contribution in [1.82, 2.24) is 5.01 Å². The van der Waals surface area contributed by atoms with Gasteiger partial charge in [-0.15, -0.1) is 0 Å². The van der Waals surface area contributed by atoms with Gasteiger partial charge in [0.15, 0.2) is 5.78 Å². The number of hydrogen-bond donors (Lipinski definition) is 0. The van der Waals surface area contributed by atoms with Crippen LogP contribution >= 0.6 is 11.6 Å². The molecule has 1 saturated carbocycles. The Morgan fingerprint density at radius 3 is 2.33 bits per heavy atom. The Hall–Kier alpha value is -2.99. The number of amides is 2. The maximum atomic E-state index is 13.4. The monoisotopic (exact) mass is 423 g/mol. The number of Topliss-reactive ketones (excluding diaryl/α,β-unsaturated/α-hetero) is 1. The van der Waals surface area contributed by atoms with Crippen molar-refractivity contribution in [2.75, 3.05) is 18.0 Å². The summed E-state index contributed by atoms with van der Waals surface area (Å²) in [6.45, 7) is -0.427. The number of hydrazone groups is 1. The number of rotatable bonds is 6. The van der Waals surface area contributed by atoms with Gasteiger partial charge in [-0.05, 0) is 30.5 Å². The van der Waals surface area contributed by atoms with E-state index in [1.165, 1.54) is 4.90 Å². The largest absolute Gasteiger partial charge is 0.345 e. The second kappa shape index (κ2) is 8.79. The summed E-state index contributed by atoms with van der Waals surface area (Å²) in [6.07, 6.45) is 3.79. The summed E-state index contributed by atoms with van der Waals surface area (Å²) in [5.74, 6) is 0.0156. The number of anilines is 1. The molecular weight excluding hydrogens is 402 g/mol. The van der Waals surface area contributed by atoms with E-state index in [-0.39, 0.29) is 24.8 Å². The molecule has 0 radical (unpaired) electrons. The number of ketones is 1. The third-order valence-electron chi connectivity index (χ3n) is 5.57. The summed E-state index contributed by atoms with van der Waals surface area (Å²) >= 11 is 5.60. The fourth-order valence-electron chi connectivity index (χ4n) is 4.08. The summed E-state index contributed by atoms with van der Waals surface area (Å²) in [5, 5.41) is 4.86. The van der Waals surface area contributed by atoms with E-state index in [1.54, 1.807) is 6.07 Å². The second-order valence-corrected chi connectivity index (χ2v) is 7.98. The predicted molar refractivity (Wildman–Crippen MR) is 116 cm³/mol. The van der Waals surface area contributed by atoms with Crippen LogP contribution in [-0.4, -0.2) is 40.9 Å². The van der Waals surface area contributed by atoms with Crippen molar-refractivity contribution in [3.05, 3.63) is 65.7 Å². The summed E-state index contributed by atoms with van der Waals surface area (Å²) < 4.78 is 0. The molecule has 2 aromatic rings. The molecule has 0 unspecified atom stereocenters. The quantitative estimate of drug-likeness (QED) is 0.653. The van der Waals surface area contributed by atoms with Crippen molar-refractivity contribution in [1.29, 1.82) is 0 Å². The molecule has 0 saturated heterocycles. The van der Waals surface area contributed by atoms with E-state index in [9.17, 15) is 14.4 Å². The van der Waals surface area contributed by atoms with Crippen LogP contribution in [0.3, 0.4) is 0 Å². The lowest BCUT2D eigenvalue weighted by Crippen LogP contribution is -2.45. The summed E-state index contributed by atoms with van der Waals surface area (Å²) in [6, 6.07) is 16.3. The Morgan fingerprint density at radius 1 is 0.967 bits per heavy atom. The molecule has 2 amide bonds. The minimum Gasteiger partial charge on any atom is -0.297 e. The predicted octanol–water partition coefficient (Wildman–Crippen LogP) is 4.21. The first kappa shape index (κ1) is 20.3. The lowest BCUT2D eigenvalue weighted by Gasteiger charge is -2.26. The fraction of sp³-hybridized carbons (Fsp3) is 0.304. The molecule has 1 heterocycles. The van der Waals surface area contributed by atoms with Gasteiger partial charge in [-0.3, -0.25) is 14.5 Å². The smallest absolute Gasteiger partial charge is 0.297 e. The van der Waals surface area contributed by atoms with E-state index in [2.05, 4.69) is 5.10 Å². The van der Waals surface area contributed by atoms with Crippen molar-refractivity contribution in [2.45, 2.75) is 25.7 Å². The maximum absolute atomic E-state index is 13.4. The molecular formula is C23H22ClN3O3. The van der Waals surface area contributed by atoms with Crippen LogP contribution in [0.2, 0.25) is 0 Å². The van der Waals surface area contributed by atoms with E-state index in [0.29, 0.717) is 11.4 Å². The summed E-state index contributed by atoms with van der Waals surface area (Å²) in [7, 11) is 0. The Bertz CT molecular complexity index is 1000. The SMILES string of the molecule is O=C(Cl)CN1N=C(c2ccccc2)c2ccccc2N(CC(=O)C2CCCC2)C1=O. The van der Waals surface area contributed by atoms with Gasteiger partial charge in [0, 0.05) is 17.0 Å². The second-order valence-electron chi connectivity index (χ2n) is 7.56. The van der Waals surface area contributed by atoms with E-state index >= 15 is 0 Å². The molecule has 2 aromatic carbocycles. The summed E-state index contributed by atoms with van der Waals surface area (Å²) in [5.41, 5.74) is 2.67. The highest BCUT2D eigenvalue weighted by Gasteiger charge is 2.34. The lowest BCUT2D eigenvalue weighted by atomic mass is 9.99. The van der Waals surface area contributed by atoms with Crippen LogP contribution in [0.25, 0.3) is 0 Å². The van der Waals surface area contributed by atoms with E-state index in [0.717, 1.165) is 41.8 Å². The molecule has 154 valence electrons. The number of benzene rings is 2. The number of urea groups is 1. The van der Waals surface area contributed by atoms with Gasteiger partial charge < -0.3 is 0 Å². The molecule has 0 atom stereocenters. The molecule has 0 N–H and O–H groups in total. The van der Waals surface area contributed by atoms with Gasteiger partial charge in [-0.2, -0.15) is 5.10 Å². The average molecular weight is 424 g/mol. The van der Waals surface area contributed by atoms with Gasteiger partial charge in [0.2, 0.25) is 5.24 Å². The van der Waals surface area contributed by atoms with Gasteiger partial charge in [0.1, 0.15) is 12.3 Å². The molecule has 30 heavy (non-hydrogen) atoms. The average Bonchev–Trinajstić information content (AvgIpc) is 3.27. The summed E-state index contributed by atoms with van der Waals surface area (Å²) in [4.78, 5) is 39.3. The number of fused-ring (bicyclic) bond motifs is 1. The normalized spacial score (nSPS) is 16.8. The van der Waals surface area contributed by atoms with Gasteiger partial charge in [0.05, 0.1) is 12.2 Å². The molecule has 2 aliphatic rings. The number of hydrogen-bond acceptors (Lipinski definition) is 4. The van der Waals surface area contributed by atoms with Crippen molar-refractivity contribution in [3.8, 4) is 0 Å². The van der Waals surface area contributed by atoms with E-state index in [4.69, 9.17) is 11.6 Å². The molecule has 1 fully saturated rings. The van der Waals surface area contributed by atoms with E-state index < -0.39 is 11.3 Å². The zero-order valence-electron chi connectivity index (χ0n) is 16.5. The topological polar surface area (TPSA) is 70.1 Å². The zero-order chi connectivity index (χ0) is 21.1. The lowest BCUT2D eigenvalue weighted by molar-refractivity contribution is -0.121. The Morgan fingerprint density at radius 2 is 1.63 bits per heavy atom. The molecule has 0 spiro atoms. The number of carbonyl (C=O) groups is 3. The number of halogens is 1. The molecule has 1 aliphatic carbocycles. The molecule has 0 bridgehead atoms. The van der Waals surface area contributed by atoms with Crippen LogP contribution in [0.15, 0.2) is 59.7 Å². The maximum Gasteiger partial charge on any atom is 0.345 e. The van der Waals surface area contributed by atoms with Crippen LogP contribution in [0.4, 0.5) is 10.5 Å². The first-order valence-electron chi connectivity index (χ1n) is 10.1. The van der Waals surface area contributed by atoms with Crippen molar-refractivity contribution < 1.29 is 14.4 Å². The van der Waals surface area contributed by atoms with E-state index in [1.807, 2.05) is 48.5 Å². The number of para-hydroxylation sites is 1. The minimum atomic E-state index is -0.701.